The number of amides is 1. The van der Waals surface area contributed by atoms with Crippen molar-refractivity contribution in [3.05, 3.63) is 118 Å². The van der Waals surface area contributed by atoms with Gasteiger partial charge in [-0.25, -0.2) is 15.0 Å². The van der Waals surface area contributed by atoms with Crippen LogP contribution >= 0.6 is 15.9 Å². The number of nitrogens with one attached hydrogen (secondary N) is 1. The van der Waals surface area contributed by atoms with Crippen LogP contribution in [0.25, 0.3) is 0 Å². The number of nitrogens with zero attached hydrogens (tertiary/aromatic N) is 1. The Labute approximate surface area is 238 Å². The first-order valence-corrected chi connectivity index (χ1v) is 12.7. The molecule has 202 valence electrons. The highest BCUT2D eigenvalue weighted by Crippen LogP contribution is 2.31. The van der Waals surface area contributed by atoms with Crippen molar-refractivity contribution < 1.29 is 33.3 Å². The molecular weight excluding hydrogens is 580 g/mol. The van der Waals surface area contributed by atoms with E-state index in [1.54, 1.807) is 84.9 Å². The van der Waals surface area contributed by atoms with Gasteiger partial charge in [-0.3, -0.25) is 4.79 Å². The highest BCUT2D eigenvalue weighted by atomic mass is 79.9. The molecule has 4 aromatic rings. The van der Waals surface area contributed by atoms with E-state index in [9.17, 15) is 14.4 Å². The molecule has 4 rings (SSSR count). The summed E-state index contributed by atoms with van der Waals surface area (Å²) in [4.78, 5) is 37.6. The van der Waals surface area contributed by atoms with Crippen LogP contribution in [0.3, 0.4) is 0 Å². The number of hydrogen-bond acceptors (Lipinski definition) is 8. The van der Waals surface area contributed by atoms with Gasteiger partial charge in [0.1, 0.15) is 0 Å². The Morgan fingerprint density at radius 3 is 1.98 bits per heavy atom. The summed E-state index contributed by atoms with van der Waals surface area (Å²) in [5.41, 5.74) is 3.48. The second-order valence-corrected chi connectivity index (χ2v) is 9.01. The molecule has 1 N–H and O–H groups in total. The number of ether oxygens (including phenoxy) is 4. The molecule has 10 heteroatoms. The van der Waals surface area contributed by atoms with Gasteiger partial charge in [-0.15, -0.1) is 0 Å². The summed E-state index contributed by atoms with van der Waals surface area (Å²) in [6.07, 6.45) is 1.35. The minimum atomic E-state index is -0.638. The minimum absolute atomic E-state index is 0.000854. The molecular formula is C30H23BrN2O7. The van der Waals surface area contributed by atoms with Gasteiger partial charge in [0.2, 0.25) is 0 Å². The van der Waals surface area contributed by atoms with Crippen molar-refractivity contribution in [3.63, 3.8) is 0 Å². The zero-order valence-electron chi connectivity index (χ0n) is 21.2. The van der Waals surface area contributed by atoms with Gasteiger partial charge in [-0.2, -0.15) is 5.10 Å². The fourth-order valence-corrected chi connectivity index (χ4v) is 3.69. The number of carbonyl (C=O) groups excluding carboxylic acids is 3. The van der Waals surface area contributed by atoms with Crippen LogP contribution in [0.1, 0.15) is 26.3 Å². The number of rotatable bonds is 10. The molecule has 0 atom stereocenters. The van der Waals surface area contributed by atoms with Crippen molar-refractivity contribution in [2.24, 2.45) is 5.10 Å². The molecule has 0 aliphatic carbocycles. The number of carbonyl (C=O) groups is 3. The van der Waals surface area contributed by atoms with E-state index in [-0.39, 0.29) is 18.1 Å². The second kappa shape index (κ2) is 13.7. The fourth-order valence-electron chi connectivity index (χ4n) is 3.35. The maximum Gasteiger partial charge on any atom is 0.343 e. The third kappa shape index (κ3) is 7.78. The molecule has 0 saturated carbocycles. The van der Waals surface area contributed by atoms with E-state index in [1.165, 1.54) is 25.5 Å². The van der Waals surface area contributed by atoms with E-state index in [0.717, 1.165) is 4.47 Å². The van der Waals surface area contributed by atoms with E-state index in [2.05, 4.69) is 26.5 Å². The molecule has 1 amide bonds. The standard InChI is InChI=1S/C30H23BrN2O7/c1-37-26-17-23(31)13-15-24(26)38-19-28(34)33-32-18-20-12-14-25(39-29(35)21-8-4-2-5-9-21)27(16-20)40-30(36)22-10-6-3-7-11-22/h2-18H,19H2,1H3,(H,33,34)/b32-18+. The predicted octanol–water partition coefficient (Wildman–Crippen LogP) is 5.43. The quantitative estimate of drug-likeness (QED) is 0.111. The highest BCUT2D eigenvalue weighted by Gasteiger charge is 2.17. The lowest BCUT2D eigenvalue weighted by Gasteiger charge is -2.12. The van der Waals surface area contributed by atoms with Gasteiger partial charge < -0.3 is 18.9 Å². The molecule has 0 spiro atoms. The van der Waals surface area contributed by atoms with Crippen LogP contribution in [-0.2, 0) is 4.79 Å². The fraction of sp³-hybridized carbons (Fsp3) is 0.0667. The van der Waals surface area contributed by atoms with Gasteiger partial charge in [0.15, 0.2) is 29.6 Å². The smallest absolute Gasteiger partial charge is 0.343 e. The molecule has 40 heavy (non-hydrogen) atoms. The minimum Gasteiger partial charge on any atom is -0.493 e. The third-order valence-corrected chi connectivity index (χ3v) is 5.77. The molecule has 0 fully saturated rings. The van der Waals surface area contributed by atoms with Crippen LogP contribution in [-0.4, -0.2) is 37.8 Å². The molecule has 4 aromatic carbocycles. The number of esters is 2. The van der Waals surface area contributed by atoms with E-state index in [0.29, 0.717) is 28.2 Å². The number of hydrazone groups is 1. The SMILES string of the molecule is COc1cc(Br)ccc1OCC(=O)N/N=C/c1ccc(OC(=O)c2ccccc2)c(OC(=O)c2ccccc2)c1. The summed E-state index contributed by atoms with van der Waals surface area (Å²) in [6.45, 7) is -0.302. The molecule has 0 aliphatic heterocycles. The third-order valence-electron chi connectivity index (χ3n) is 5.28. The summed E-state index contributed by atoms with van der Waals surface area (Å²) in [6, 6.07) is 26.5. The zero-order valence-corrected chi connectivity index (χ0v) is 22.8. The highest BCUT2D eigenvalue weighted by molar-refractivity contribution is 9.10. The summed E-state index contributed by atoms with van der Waals surface area (Å²) in [5, 5.41) is 3.94. The van der Waals surface area contributed by atoms with Crippen molar-refractivity contribution in [1.82, 2.24) is 5.43 Å². The summed E-state index contributed by atoms with van der Waals surface area (Å²) >= 11 is 3.34. The first-order valence-electron chi connectivity index (χ1n) is 11.9. The summed E-state index contributed by atoms with van der Waals surface area (Å²) in [7, 11) is 1.50. The summed E-state index contributed by atoms with van der Waals surface area (Å²) < 4.78 is 22.6. The molecule has 0 unspecified atom stereocenters. The second-order valence-electron chi connectivity index (χ2n) is 8.09. The van der Waals surface area contributed by atoms with Crippen LogP contribution in [0.15, 0.2) is 107 Å². The Hall–Kier alpha value is -4.96. The van der Waals surface area contributed by atoms with Crippen molar-refractivity contribution in [1.29, 1.82) is 0 Å². The normalized spacial score (nSPS) is 10.6. The van der Waals surface area contributed by atoms with Gasteiger partial charge in [0.25, 0.3) is 5.91 Å². The number of halogens is 1. The average molecular weight is 603 g/mol. The first-order chi connectivity index (χ1) is 19.4. The van der Waals surface area contributed by atoms with Gasteiger partial charge in [-0.1, -0.05) is 52.3 Å². The van der Waals surface area contributed by atoms with Gasteiger partial charge in [-0.05, 0) is 66.2 Å². The Morgan fingerprint density at radius 2 is 1.35 bits per heavy atom. The first kappa shape index (κ1) is 28.1. The molecule has 0 saturated heterocycles. The number of methoxy groups -OCH3 is 1. The van der Waals surface area contributed by atoms with Gasteiger partial charge in [0, 0.05) is 4.47 Å². The summed E-state index contributed by atoms with van der Waals surface area (Å²) in [5.74, 6) is -0.860. The molecule has 0 heterocycles. The lowest BCUT2D eigenvalue weighted by molar-refractivity contribution is -0.123. The Balaban J connectivity index is 1.45. The van der Waals surface area contributed by atoms with Crippen LogP contribution in [0.2, 0.25) is 0 Å². The molecule has 0 radical (unpaired) electrons. The monoisotopic (exact) mass is 602 g/mol. The Kier molecular flexibility index (Phi) is 9.62. The van der Waals surface area contributed by atoms with Gasteiger partial charge >= 0.3 is 11.9 Å². The number of hydrogen-bond donors (Lipinski definition) is 1. The van der Waals surface area contributed by atoms with Crippen LogP contribution < -0.4 is 24.4 Å². The zero-order chi connectivity index (χ0) is 28.3. The van der Waals surface area contributed by atoms with Crippen molar-refractivity contribution >= 4 is 40.0 Å². The Bertz CT molecular complexity index is 1530. The predicted molar refractivity (Wildman–Crippen MR) is 151 cm³/mol. The molecule has 0 bridgehead atoms. The number of benzene rings is 4. The topological polar surface area (TPSA) is 113 Å². The van der Waals surface area contributed by atoms with E-state index < -0.39 is 17.8 Å². The van der Waals surface area contributed by atoms with Crippen molar-refractivity contribution in [2.75, 3.05) is 13.7 Å². The molecule has 9 nitrogen and oxygen atoms in total. The maximum absolute atomic E-state index is 12.7. The van der Waals surface area contributed by atoms with E-state index in [4.69, 9.17) is 18.9 Å². The lowest BCUT2D eigenvalue weighted by Crippen LogP contribution is -2.24. The van der Waals surface area contributed by atoms with Crippen molar-refractivity contribution in [3.8, 4) is 23.0 Å². The van der Waals surface area contributed by atoms with E-state index >= 15 is 0 Å². The van der Waals surface area contributed by atoms with Crippen LogP contribution in [0, 0.1) is 0 Å². The average Bonchev–Trinajstić information content (AvgIpc) is 2.98. The van der Waals surface area contributed by atoms with Crippen LogP contribution in [0.4, 0.5) is 0 Å². The molecule has 0 aromatic heterocycles. The molecule has 0 aliphatic rings. The lowest BCUT2D eigenvalue weighted by atomic mass is 10.2. The maximum atomic E-state index is 12.7. The van der Waals surface area contributed by atoms with E-state index in [1.807, 2.05) is 0 Å². The van der Waals surface area contributed by atoms with Crippen molar-refractivity contribution in [2.45, 2.75) is 0 Å². The van der Waals surface area contributed by atoms with Crippen LogP contribution in [0.5, 0.6) is 23.0 Å². The van der Waals surface area contributed by atoms with Gasteiger partial charge in [0.05, 0.1) is 24.5 Å². The largest absolute Gasteiger partial charge is 0.493 e. The Morgan fingerprint density at radius 1 is 0.750 bits per heavy atom.